The number of nitro benzene ring substituents is 1. The molecule has 0 aromatic heterocycles. The first-order chi connectivity index (χ1) is 9.69. The summed E-state index contributed by atoms with van der Waals surface area (Å²) in [7, 11) is -5.29. The van der Waals surface area contributed by atoms with Crippen LogP contribution in [-0.4, -0.2) is 35.6 Å². The molecular formula is C10H16N4O5S2. The Morgan fingerprint density at radius 3 is 2.57 bits per heavy atom. The van der Waals surface area contributed by atoms with Crippen LogP contribution in [0.5, 0.6) is 0 Å². The van der Waals surface area contributed by atoms with Gasteiger partial charge < -0.3 is 5.43 Å². The molecule has 0 aliphatic rings. The minimum atomic E-state index is -4.08. The molecule has 21 heavy (non-hydrogen) atoms. The van der Waals surface area contributed by atoms with Crippen LogP contribution in [0, 0.1) is 10.1 Å². The van der Waals surface area contributed by atoms with E-state index >= 15 is 0 Å². The molecule has 2 unspecified atom stereocenters. The Hall–Kier alpha value is -1.56. The minimum Gasteiger partial charge on any atom is -0.324 e. The van der Waals surface area contributed by atoms with E-state index < -0.39 is 41.6 Å². The molecule has 11 heteroatoms. The predicted molar refractivity (Wildman–Crippen MR) is 79.6 cm³/mol. The summed E-state index contributed by atoms with van der Waals surface area (Å²) in [4.78, 5) is 9.70. The highest BCUT2D eigenvalue weighted by molar-refractivity contribution is 7.89. The summed E-state index contributed by atoms with van der Waals surface area (Å²) in [6.45, 7) is 1.52. The fraction of sp³-hybridized carbons (Fsp3) is 0.400. The van der Waals surface area contributed by atoms with Crippen molar-refractivity contribution in [3.63, 3.8) is 0 Å². The Balaban J connectivity index is 3.13. The number of nitrogens with zero attached hydrogens (tertiary/aromatic N) is 1. The third kappa shape index (κ3) is 4.46. The second kappa shape index (κ2) is 6.93. The molecular weight excluding hydrogens is 320 g/mol. The van der Waals surface area contributed by atoms with Crippen molar-refractivity contribution in [1.82, 2.24) is 4.72 Å². The third-order valence-corrected chi connectivity index (χ3v) is 5.51. The van der Waals surface area contributed by atoms with E-state index in [4.69, 9.17) is 5.84 Å². The van der Waals surface area contributed by atoms with Gasteiger partial charge in [0.05, 0.1) is 10.6 Å². The van der Waals surface area contributed by atoms with Crippen LogP contribution in [-0.2, 0) is 20.8 Å². The Morgan fingerprint density at radius 2 is 2.10 bits per heavy atom. The maximum absolute atomic E-state index is 12.1. The van der Waals surface area contributed by atoms with Gasteiger partial charge in [-0.05, 0) is 19.1 Å². The highest BCUT2D eigenvalue weighted by atomic mass is 32.2. The molecule has 0 bridgehead atoms. The highest BCUT2D eigenvalue weighted by Gasteiger charge is 2.26. The molecule has 1 rings (SSSR count). The summed E-state index contributed by atoms with van der Waals surface area (Å²) in [5.74, 6) is 5.14. The van der Waals surface area contributed by atoms with E-state index in [1.165, 1.54) is 12.3 Å². The Morgan fingerprint density at radius 1 is 1.48 bits per heavy atom. The van der Waals surface area contributed by atoms with Crippen molar-refractivity contribution in [2.75, 3.05) is 18.2 Å². The Bertz CT molecular complexity index is 661. The van der Waals surface area contributed by atoms with Crippen molar-refractivity contribution >= 4 is 32.2 Å². The van der Waals surface area contributed by atoms with Gasteiger partial charge in [0, 0.05) is 34.9 Å². The summed E-state index contributed by atoms with van der Waals surface area (Å²) in [6, 6.07) is 3.42. The number of anilines is 1. The number of nitrogens with one attached hydrogen (secondary N) is 2. The first kappa shape index (κ1) is 17.5. The number of nitro groups is 1. The molecule has 0 saturated carbocycles. The highest BCUT2D eigenvalue weighted by Crippen LogP contribution is 2.26. The zero-order valence-corrected chi connectivity index (χ0v) is 13.0. The molecule has 0 spiro atoms. The lowest BCUT2D eigenvalue weighted by Gasteiger charge is -2.11. The van der Waals surface area contributed by atoms with E-state index in [2.05, 4.69) is 10.1 Å². The van der Waals surface area contributed by atoms with E-state index in [-0.39, 0.29) is 12.2 Å². The van der Waals surface area contributed by atoms with Crippen molar-refractivity contribution in [2.24, 2.45) is 5.84 Å². The number of hydrogen-bond donors (Lipinski definition) is 3. The largest absolute Gasteiger partial charge is 0.324 e. The summed E-state index contributed by atoms with van der Waals surface area (Å²) >= 11 is 0. The molecule has 1 aromatic rings. The molecule has 0 saturated heterocycles. The van der Waals surface area contributed by atoms with Crippen LogP contribution in [0.15, 0.2) is 23.1 Å². The number of hydrazine groups is 1. The molecule has 0 aliphatic heterocycles. The average molecular weight is 336 g/mol. The van der Waals surface area contributed by atoms with Crippen LogP contribution in [0.3, 0.4) is 0 Å². The molecule has 9 nitrogen and oxygen atoms in total. The number of sulfonamides is 1. The molecule has 0 amide bonds. The van der Waals surface area contributed by atoms with Crippen LogP contribution < -0.4 is 16.0 Å². The topological polar surface area (TPSA) is 144 Å². The van der Waals surface area contributed by atoms with Gasteiger partial charge in [0.15, 0.2) is 4.90 Å². The van der Waals surface area contributed by atoms with Gasteiger partial charge >= 0.3 is 0 Å². The fourth-order valence-corrected chi connectivity index (χ4v) is 3.10. The van der Waals surface area contributed by atoms with E-state index in [0.29, 0.717) is 0 Å². The zero-order valence-electron chi connectivity index (χ0n) is 11.4. The monoisotopic (exact) mass is 336 g/mol. The van der Waals surface area contributed by atoms with Gasteiger partial charge in [0.1, 0.15) is 0 Å². The molecule has 0 fully saturated rings. The van der Waals surface area contributed by atoms with Crippen LogP contribution in [0.2, 0.25) is 0 Å². The number of rotatable bonds is 7. The average Bonchev–Trinajstić information content (AvgIpc) is 2.43. The lowest BCUT2D eigenvalue weighted by atomic mass is 10.3. The molecule has 0 aliphatic carbocycles. The van der Waals surface area contributed by atoms with Gasteiger partial charge in [-0.1, -0.05) is 0 Å². The maximum atomic E-state index is 12.1. The van der Waals surface area contributed by atoms with Gasteiger partial charge in [0.2, 0.25) is 10.0 Å². The minimum absolute atomic E-state index is 0.0838. The van der Waals surface area contributed by atoms with Gasteiger partial charge in [-0.15, -0.1) is 0 Å². The molecule has 118 valence electrons. The van der Waals surface area contributed by atoms with Crippen LogP contribution in [0.25, 0.3) is 0 Å². The van der Waals surface area contributed by atoms with E-state index in [9.17, 15) is 22.7 Å². The van der Waals surface area contributed by atoms with E-state index in [0.717, 1.165) is 12.1 Å². The number of benzene rings is 1. The Kier molecular flexibility index (Phi) is 5.78. The van der Waals surface area contributed by atoms with Gasteiger partial charge in [-0.25, -0.2) is 13.1 Å². The molecule has 1 aromatic carbocycles. The SMILES string of the molecule is CC(CNS(=O)(=O)c1ccc(NN)cc1[N+](=O)[O-])S(C)=O. The number of nitrogen functional groups attached to an aromatic ring is 1. The van der Waals surface area contributed by atoms with Crippen molar-refractivity contribution in [2.45, 2.75) is 17.1 Å². The van der Waals surface area contributed by atoms with Gasteiger partial charge in [0.25, 0.3) is 5.69 Å². The van der Waals surface area contributed by atoms with Gasteiger partial charge in [-0.2, -0.15) is 0 Å². The summed E-state index contributed by atoms with van der Waals surface area (Å²) in [5, 5.41) is 10.6. The number of hydrogen-bond acceptors (Lipinski definition) is 7. The molecule has 0 heterocycles. The zero-order chi connectivity index (χ0) is 16.2. The van der Waals surface area contributed by atoms with Crippen LogP contribution in [0.4, 0.5) is 11.4 Å². The summed E-state index contributed by atoms with van der Waals surface area (Å²) in [5.41, 5.74) is 1.82. The molecule has 2 atom stereocenters. The maximum Gasteiger partial charge on any atom is 0.291 e. The van der Waals surface area contributed by atoms with Gasteiger partial charge in [-0.3, -0.25) is 20.2 Å². The van der Waals surface area contributed by atoms with Crippen molar-refractivity contribution in [1.29, 1.82) is 0 Å². The van der Waals surface area contributed by atoms with E-state index in [1.54, 1.807) is 6.92 Å². The smallest absolute Gasteiger partial charge is 0.291 e. The van der Waals surface area contributed by atoms with Crippen LogP contribution in [0.1, 0.15) is 6.92 Å². The predicted octanol–water partition coefficient (Wildman–Crippen LogP) is -0.0743. The first-order valence-corrected chi connectivity index (χ1v) is 8.86. The second-order valence-corrected chi connectivity index (χ2v) is 7.78. The lowest BCUT2D eigenvalue weighted by molar-refractivity contribution is -0.387. The molecule has 4 N–H and O–H groups in total. The standard InChI is InChI=1S/C10H16N4O5S2/c1-7(20(2)17)6-12-21(18,19)10-4-3-8(13-11)5-9(10)14(15)16/h3-5,7,12-13H,6,11H2,1-2H3. The van der Waals surface area contributed by atoms with Crippen molar-refractivity contribution in [3.05, 3.63) is 28.3 Å². The first-order valence-electron chi connectivity index (χ1n) is 5.76. The normalized spacial score (nSPS) is 14.4. The summed E-state index contributed by atoms with van der Waals surface area (Å²) < 4.78 is 37.6. The van der Waals surface area contributed by atoms with Crippen molar-refractivity contribution in [3.8, 4) is 0 Å². The lowest BCUT2D eigenvalue weighted by Crippen LogP contribution is -2.33. The van der Waals surface area contributed by atoms with Crippen molar-refractivity contribution < 1.29 is 17.6 Å². The third-order valence-electron chi connectivity index (χ3n) is 2.74. The second-order valence-electron chi connectivity index (χ2n) is 4.25. The number of nitrogens with two attached hydrogens (primary N) is 1. The summed E-state index contributed by atoms with van der Waals surface area (Å²) in [6.07, 6.45) is 1.45. The quantitative estimate of drug-likeness (QED) is 0.359. The molecule has 0 radical (unpaired) electrons. The van der Waals surface area contributed by atoms with Crippen LogP contribution >= 0.6 is 0 Å². The van der Waals surface area contributed by atoms with E-state index in [1.807, 2.05) is 0 Å². The fourth-order valence-electron chi connectivity index (χ4n) is 1.40. The Labute approximate surface area is 124 Å².